The highest BCUT2D eigenvalue weighted by Crippen LogP contribution is 2.37. The summed E-state index contributed by atoms with van der Waals surface area (Å²) in [6, 6.07) is 5.54. The van der Waals surface area contributed by atoms with Gasteiger partial charge in [-0.15, -0.1) is 0 Å². The molecule has 3 heterocycles. The molecule has 2 fully saturated rings. The Morgan fingerprint density at radius 3 is 2.89 bits per heavy atom. The molecule has 2 N–H and O–H groups in total. The molecule has 0 bridgehead atoms. The van der Waals surface area contributed by atoms with Gasteiger partial charge in [0.05, 0.1) is 24.5 Å². The second kappa shape index (κ2) is 7.47. The highest BCUT2D eigenvalue weighted by molar-refractivity contribution is 14.2. The van der Waals surface area contributed by atoms with Crippen molar-refractivity contribution >= 4 is 45.6 Å². The lowest BCUT2D eigenvalue weighted by molar-refractivity contribution is 0.0985. The minimum atomic E-state index is -2.33. The van der Waals surface area contributed by atoms with Crippen LogP contribution < -0.4 is 10.6 Å². The molecule has 8 nitrogen and oxygen atoms in total. The van der Waals surface area contributed by atoms with Gasteiger partial charge in [-0.3, -0.25) is 0 Å². The molecule has 1 saturated carbocycles. The monoisotopic (exact) mass is 500 g/mol. The van der Waals surface area contributed by atoms with Gasteiger partial charge < -0.3 is 15.4 Å². The Hall–Kier alpha value is -1.53. The first-order valence-corrected chi connectivity index (χ1v) is 13.0. The van der Waals surface area contributed by atoms with E-state index in [0.29, 0.717) is 30.7 Å². The molecule has 0 amide bonds. The minimum Gasteiger partial charge on any atom is -0.384 e. The molecule has 2 aromatic heterocycles. The molecule has 0 spiro atoms. The van der Waals surface area contributed by atoms with E-state index in [9.17, 15) is 4.21 Å². The molecule has 1 saturated heterocycles. The Balaban J connectivity index is 1.82. The van der Waals surface area contributed by atoms with Crippen molar-refractivity contribution in [2.24, 2.45) is 4.36 Å². The van der Waals surface area contributed by atoms with Gasteiger partial charge in [0, 0.05) is 45.6 Å². The average Bonchev–Trinajstić information content (AvgIpc) is 3.47. The van der Waals surface area contributed by atoms with E-state index in [0.717, 1.165) is 30.8 Å². The molecular weight excluding hydrogens is 479 g/mol. The van der Waals surface area contributed by atoms with Crippen LogP contribution in [0.1, 0.15) is 19.8 Å². The standard InChI is InChI=1S/C17H21IN6O2S/c1-11-10-26-7-6-24(11)16-9-15(23-27(18,25)13-2-3-13)21-17(22-16)12-4-5-20-14(19)8-12/h4-5,8-9,11,13H,2-3,6-7,10H2,1H3,(H2,19,20)/t11-,27-/m1/s1. The fourth-order valence-corrected chi connectivity index (χ4v) is 6.31. The summed E-state index contributed by atoms with van der Waals surface area (Å²) in [6.07, 6.45) is 3.54. The van der Waals surface area contributed by atoms with Crippen molar-refractivity contribution in [2.75, 3.05) is 30.4 Å². The summed E-state index contributed by atoms with van der Waals surface area (Å²) in [5.41, 5.74) is 6.58. The summed E-state index contributed by atoms with van der Waals surface area (Å²) in [7, 11) is 0. The first kappa shape index (κ1) is 18.8. The Bertz CT molecular complexity index is 974. The van der Waals surface area contributed by atoms with Gasteiger partial charge in [0.2, 0.25) is 0 Å². The number of hydrogen-bond donors (Lipinski definition) is 1. The fourth-order valence-electron chi connectivity index (χ4n) is 2.96. The van der Waals surface area contributed by atoms with Crippen molar-refractivity contribution in [3.63, 3.8) is 0 Å². The molecule has 2 atom stereocenters. The molecule has 2 aromatic rings. The predicted octanol–water partition coefficient (Wildman–Crippen LogP) is 2.96. The lowest BCUT2D eigenvalue weighted by Crippen LogP contribution is -2.44. The second-order valence-electron chi connectivity index (χ2n) is 6.78. The Morgan fingerprint density at radius 1 is 1.37 bits per heavy atom. The van der Waals surface area contributed by atoms with Crippen molar-refractivity contribution in [3.8, 4) is 11.4 Å². The molecule has 10 heteroatoms. The zero-order valence-electron chi connectivity index (χ0n) is 14.9. The molecule has 2 aliphatic rings. The van der Waals surface area contributed by atoms with E-state index in [1.807, 2.05) is 33.3 Å². The number of halogens is 1. The van der Waals surface area contributed by atoms with Crippen molar-refractivity contribution in [1.82, 2.24) is 15.0 Å². The third kappa shape index (κ3) is 4.32. The summed E-state index contributed by atoms with van der Waals surface area (Å²) in [6.45, 7) is 1.77. The van der Waals surface area contributed by atoms with Gasteiger partial charge in [-0.05, 0) is 31.9 Å². The Labute approximate surface area is 170 Å². The van der Waals surface area contributed by atoms with Crippen LogP contribution in [0.5, 0.6) is 0 Å². The lowest BCUT2D eigenvalue weighted by atomic mass is 10.2. The topological polar surface area (TPSA) is 107 Å². The highest BCUT2D eigenvalue weighted by Gasteiger charge is 2.32. The summed E-state index contributed by atoms with van der Waals surface area (Å²) >= 11 is 1.97. The average molecular weight is 500 g/mol. The van der Waals surface area contributed by atoms with E-state index < -0.39 is 6.90 Å². The fraction of sp³-hybridized carbons (Fsp3) is 0.471. The number of pyridine rings is 1. The van der Waals surface area contributed by atoms with Gasteiger partial charge >= 0.3 is 0 Å². The maximum absolute atomic E-state index is 12.9. The van der Waals surface area contributed by atoms with Crippen molar-refractivity contribution in [3.05, 3.63) is 24.4 Å². The molecule has 27 heavy (non-hydrogen) atoms. The minimum absolute atomic E-state index is 0.152. The van der Waals surface area contributed by atoms with E-state index in [-0.39, 0.29) is 11.3 Å². The Kier molecular flexibility index (Phi) is 5.21. The van der Waals surface area contributed by atoms with E-state index >= 15 is 0 Å². The number of aromatic nitrogens is 3. The quantitative estimate of drug-likeness (QED) is 0.508. The summed E-state index contributed by atoms with van der Waals surface area (Å²) in [5.74, 6) is 2.10. The summed E-state index contributed by atoms with van der Waals surface area (Å²) < 4.78 is 22.9. The van der Waals surface area contributed by atoms with E-state index in [1.54, 1.807) is 12.3 Å². The van der Waals surface area contributed by atoms with Crippen molar-refractivity contribution in [1.29, 1.82) is 0 Å². The molecular formula is C17H21IN6O2S. The largest absolute Gasteiger partial charge is 0.384 e. The van der Waals surface area contributed by atoms with Gasteiger partial charge in [-0.25, -0.2) is 19.2 Å². The molecule has 4 rings (SSSR count). The van der Waals surface area contributed by atoms with Crippen LogP contribution in [-0.4, -0.2) is 50.2 Å². The number of rotatable bonds is 4. The molecule has 1 aliphatic heterocycles. The van der Waals surface area contributed by atoms with Gasteiger partial charge in [0.25, 0.3) is 0 Å². The summed E-state index contributed by atoms with van der Waals surface area (Å²) in [4.78, 5) is 15.5. The maximum atomic E-state index is 12.9. The number of hydrogen-bond acceptors (Lipinski definition) is 8. The first-order valence-electron chi connectivity index (χ1n) is 8.83. The number of nitrogens with zero attached hydrogens (tertiary/aromatic N) is 5. The van der Waals surface area contributed by atoms with Gasteiger partial charge in [-0.2, -0.15) is 4.36 Å². The van der Waals surface area contributed by atoms with Crippen LogP contribution in [0.25, 0.3) is 11.4 Å². The lowest BCUT2D eigenvalue weighted by Gasteiger charge is -2.34. The van der Waals surface area contributed by atoms with Crippen LogP contribution in [0, 0.1) is 0 Å². The third-order valence-corrected chi connectivity index (χ3v) is 9.03. The van der Waals surface area contributed by atoms with Crippen LogP contribution >= 0.6 is 21.2 Å². The van der Waals surface area contributed by atoms with E-state index in [4.69, 9.17) is 15.5 Å². The Morgan fingerprint density at radius 2 is 2.19 bits per heavy atom. The van der Waals surface area contributed by atoms with Crippen LogP contribution in [0.4, 0.5) is 17.5 Å². The second-order valence-corrected chi connectivity index (χ2v) is 12.4. The van der Waals surface area contributed by atoms with Gasteiger partial charge in [0.1, 0.15) is 18.5 Å². The van der Waals surface area contributed by atoms with Crippen LogP contribution in [0.15, 0.2) is 28.8 Å². The van der Waals surface area contributed by atoms with Crippen LogP contribution in [0.3, 0.4) is 0 Å². The third-order valence-electron chi connectivity index (χ3n) is 4.55. The maximum Gasteiger partial charge on any atom is 0.168 e. The first-order chi connectivity index (χ1) is 12.9. The predicted molar refractivity (Wildman–Crippen MR) is 115 cm³/mol. The SMILES string of the molecule is C[C@@H]1COCCN1c1cc(N=[S@](=O)(I)C2CC2)nc(-c2ccnc(N)c2)n1. The number of morpholine rings is 1. The zero-order chi connectivity index (χ0) is 19.0. The van der Waals surface area contributed by atoms with Crippen molar-refractivity contribution in [2.45, 2.75) is 31.1 Å². The zero-order valence-corrected chi connectivity index (χ0v) is 17.9. The number of anilines is 2. The van der Waals surface area contributed by atoms with E-state index in [1.165, 1.54) is 0 Å². The van der Waals surface area contributed by atoms with Crippen LogP contribution in [-0.2, 0) is 11.6 Å². The highest BCUT2D eigenvalue weighted by atomic mass is 127. The molecule has 0 aromatic carbocycles. The smallest absolute Gasteiger partial charge is 0.168 e. The van der Waals surface area contributed by atoms with E-state index in [2.05, 4.69) is 26.2 Å². The summed E-state index contributed by atoms with van der Waals surface area (Å²) in [5, 5.41) is 0.152. The molecule has 1 aliphatic carbocycles. The van der Waals surface area contributed by atoms with Crippen molar-refractivity contribution < 1.29 is 8.95 Å². The number of nitrogens with two attached hydrogens (primary N) is 1. The molecule has 144 valence electrons. The number of nitrogen functional groups attached to an aromatic ring is 1. The molecule has 0 unspecified atom stereocenters. The number of ether oxygens (including phenoxy) is 1. The van der Waals surface area contributed by atoms with Crippen LogP contribution in [0.2, 0.25) is 0 Å². The molecule has 0 radical (unpaired) electrons. The normalized spacial score (nSPS) is 22.3. The van der Waals surface area contributed by atoms with Gasteiger partial charge in [-0.1, -0.05) is 0 Å². The van der Waals surface area contributed by atoms with Gasteiger partial charge in [0.15, 0.2) is 11.6 Å².